The zero-order chi connectivity index (χ0) is 27.5. The molecule has 210 valence electrons. The van der Waals surface area contributed by atoms with E-state index in [9.17, 15) is 4.79 Å². The fourth-order valence-electron chi connectivity index (χ4n) is 7.66. The molecule has 0 aromatic heterocycles. The molecule has 2 aliphatic heterocycles. The highest BCUT2D eigenvalue weighted by atomic mass is 19.1. The smallest absolute Gasteiger partial charge is 0.227 e. The summed E-state index contributed by atoms with van der Waals surface area (Å²) in [5, 5.41) is 0. The summed E-state index contributed by atoms with van der Waals surface area (Å²) in [6.07, 6.45) is 3.19. The van der Waals surface area contributed by atoms with Crippen LogP contribution in [-0.2, 0) is 16.6 Å². The van der Waals surface area contributed by atoms with Crippen molar-refractivity contribution in [3.05, 3.63) is 102 Å². The summed E-state index contributed by atoms with van der Waals surface area (Å²) in [7, 11) is 0. The van der Waals surface area contributed by atoms with Crippen LogP contribution in [0.2, 0.25) is 0 Å². The summed E-state index contributed by atoms with van der Waals surface area (Å²) in [5.41, 5.74) is 3.05. The zero-order valence-electron chi connectivity index (χ0n) is 23.6. The number of amides is 1. The molecule has 6 rings (SSSR count). The molecular weight excluding hydrogens is 499 g/mol. The van der Waals surface area contributed by atoms with Crippen LogP contribution in [0.15, 0.2) is 84.9 Å². The van der Waals surface area contributed by atoms with E-state index in [1.165, 1.54) is 24.0 Å². The van der Waals surface area contributed by atoms with Crippen LogP contribution in [0.25, 0.3) is 0 Å². The van der Waals surface area contributed by atoms with Gasteiger partial charge in [0.1, 0.15) is 18.0 Å². The van der Waals surface area contributed by atoms with E-state index in [1.54, 1.807) is 0 Å². The van der Waals surface area contributed by atoms with E-state index in [0.29, 0.717) is 19.5 Å². The molecule has 4 atom stereocenters. The van der Waals surface area contributed by atoms with Crippen molar-refractivity contribution in [3.63, 3.8) is 0 Å². The lowest BCUT2D eigenvalue weighted by atomic mass is 9.56. The first-order valence-electron chi connectivity index (χ1n) is 15.0. The first-order chi connectivity index (χ1) is 19.5. The van der Waals surface area contributed by atoms with Gasteiger partial charge in [-0.25, -0.2) is 4.39 Å². The Kier molecular flexibility index (Phi) is 7.93. The number of hydrogen-bond acceptors (Lipinski definition) is 3. The third-order valence-electron chi connectivity index (χ3n) is 9.56. The van der Waals surface area contributed by atoms with Crippen molar-refractivity contribution in [2.24, 2.45) is 11.8 Å². The average Bonchev–Trinajstić information content (AvgIpc) is 3.67. The lowest BCUT2D eigenvalue weighted by molar-refractivity contribution is -0.129. The second-order valence-electron chi connectivity index (χ2n) is 12.0. The van der Waals surface area contributed by atoms with E-state index >= 15 is 4.39 Å². The molecule has 1 aliphatic carbocycles. The van der Waals surface area contributed by atoms with Crippen LogP contribution in [0, 0.1) is 11.8 Å². The third kappa shape index (κ3) is 5.28. The fourth-order valence-corrected chi connectivity index (χ4v) is 7.66. The lowest BCUT2D eigenvalue weighted by Gasteiger charge is -2.47. The third-order valence-corrected chi connectivity index (χ3v) is 9.56. The maximum absolute atomic E-state index is 15.6. The summed E-state index contributed by atoms with van der Waals surface area (Å²) < 4.78 is 21.9. The average molecular weight is 541 g/mol. The van der Waals surface area contributed by atoms with Gasteiger partial charge in [0.15, 0.2) is 0 Å². The fraction of sp³-hybridized carbons (Fsp3) is 0.457. The standard InChI is InChI=1S/C35H41FN2O2/c1-26(23-37-20-10-11-21-37)40-33-17-9-8-12-27(33)22-34(39)38-24-30-31(25-38)35(19-18-32(30)36,28-13-4-2-5-14-28)29-15-6-3-7-16-29/h2-9,12-17,26,30-32H,10-11,18-25H2,1H3/t26?,30-,31+,32+/m0/s1. The minimum atomic E-state index is -0.898. The van der Waals surface area contributed by atoms with E-state index in [2.05, 4.69) is 60.4 Å². The predicted octanol–water partition coefficient (Wildman–Crippen LogP) is 6.29. The molecular formula is C35H41FN2O2. The molecule has 0 N–H and O–H groups in total. The molecule has 5 heteroatoms. The van der Waals surface area contributed by atoms with Crippen LogP contribution in [-0.4, -0.2) is 60.7 Å². The Balaban J connectivity index is 1.23. The monoisotopic (exact) mass is 540 g/mol. The Morgan fingerprint density at radius 2 is 1.55 bits per heavy atom. The van der Waals surface area contributed by atoms with Crippen molar-refractivity contribution >= 4 is 5.91 Å². The number of likely N-dealkylation sites (tertiary alicyclic amines) is 2. The highest BCUT2D eigenvalue weighted by Crippen LogP contribution is 2.54. The maximum Gasteiger partial charge on any atom is 0.227 e. The highest BCUT2D eigenvalue weighted by molar-refractivity contribution is 5.80. The Hall–Kier alpha value is -3.18. The number of fused-ring (bicyclic) bond motifs is 1. The topological polar surface area (TPSA) is 32.8 Å². The summed E-state index contributed by atoms with van der Waals surface area (Å²) in [6, 6.07) is 29.0. The number of carbonyl (C=O) groups is 1. The molecule has 0 spiro atoms. The Labute approximate surface area is 238 Å². The molecule has 0 radical (unpaired) electrons. The molecule has 2 heterocycles. The Bertz CT molecular complexity index is 1240. The number of carbonyl (C=O) groups excluding carboxylic acids is 1. The predicted molar refractivity (Wildman–Crippen MR) is 157 cm³/mol. The van der Waals surface area contributed by atoms with E-state index in [0.717, 1.165) is 37.4 Å². The van der Waals surface area contributed by atoms with Crippen LogP contribution in [0.1, 0.15) is 49.3 Å². The second-order valence-corrected chi connectivity index (χ2v) is 12.0. The first-order valence-corrected chi connectivity index (χ1v) is 15.0. The number of rotatable bonds is 8. The molecule has 1 amide bonds. The van der Waals surface area contributed by atoms with Gasteiger partial charge in [-0.1, -0.05) is 78.9 Å². The SMILES string of the molecule is CC(CN1CCCC1)Oc1ccccc1CC(=O)N1C[C@@H]2[C@H](F)CCC(c3ccccc3)(c3ccccc3)[C@@H]2C1. The van der Waals surface area contributed by atoms with Gasteiger partial charge >= 0.3 is 0 Å². The number of halogens is 1. The van der Waals surface area contributed by atoms with Gasteiger partial charge in [-0.15, -0.1) is 0 Å². The van der Waals surface area contributed by atoms with Gasteiger partial charge in [-0.05, 0) is 68.8 Å². The largest absolute Gasteiger partial charge is 0.489 e. The van der Waals surface area contributed by atoms with Crippen LogP contribution in [0.4, 0.5) is 4.39 Å². The molecule has 0 bridgehead atoms. The zero-order valence-corrected chi connectivity index (χ0v) is 23.6. The number of para-hydroxylation sites is 1. The van der Waals surface area contributed by atoms with Gasteiger partial charge in [0.05, 0.1) is 6.42 Å². The van der Waals surface area contributed by atoms with E-state index in [-0.39, 0.29) is 35.7 Å². The molecule has 1 unspecified atom stereocenters. The second kappa shape index (κ2) is 11.7. The summed E-state index contributed by atoms with van der Waals surface area (Å²) in [4.78, 5) is 18.2. The molecule has 2 saturated heterocycles. The van der Waals surface area contributed by atoms with Crippen molar-refractivity contribution in [2.75, 3.05) is 32.7 Å². The maximum atomic E-state index is 15.6. The van der Waals surface area contributed by atoms with Crippen molar-refractivity contribution in [2.45, 2.75) is 56.7 Å². The van der Waals surface area contributed by atoms with Gasteiger partial charge in [0, 0.05) is 36.5 Å². The van der Waals surface area contributed by atoms with Gasteiger partial charge < -0.3 is 9.64 Å². The minimum Gasteiger partial charge on any atom is -0.489 e. The molecule has 3 fully saturated rings. The number of benzene rings is 3. The molecule has 3 aromatic carbocycles. The van der Waals surface area contributed by atoms with Gasteiger partial charge in [0.2, 0.25) is 5.91 Å². The summed E-state index contributed by atoms with van der Waals surface area (Å²) in [6.45, 7) is 6.32. The van der Waals surface area contributed by atoms with Crippen LogP contribution >= 0.6 is 0 Å². The first kappa shape index (κ1) is 27.0. The summed E-state index contributed by atoms with van der Waals surface area (Å²) >= 11 is 0. The van der Waals surface area contributed by atoms with Crippen LogP contribution in [0.5, 0.6) is 5.75 Å². The van der Waals surface area contributed by atoms with Crippen molar-refractivity contribution in [3.8, 4) is 5.75 Å². The van der Waals surface area contributed by atoms with Crippen molar-refractivity contribution < 1.29 is 13.9 Å². The number of alkyl halides is 1. The van der Waals surface area contributed by atoms with Gasteiger partial charge in [0.25, 0.3) is 0 Å². The molecule has 3 aromatic rings. The van der Waals surface area contributed by atoms with Gasteiger partial charge in [-0.2, -0.15) is 0 Å². The van der Waals surface area contributed by atoms with Crippen LogP contribution < -0.4 is 4.74 Å². The number of ether oxygens (including phenoxy) is 1. The Morgan fingerprint density at radius 1 is 0.925 bits per heavy atom. The minimum absolute atomic E-state index is 0.0250. The number of hydrogen-bond donors (Lipinski definition) is 0. The Morgan fingerprint density at radius 3 is 2.23 bits per heavy atom. The van der Waals surface area contributed by atoms with E-state index in [4.69, 9.17) is 4.74 Å². The highest BCUT2D eigenvalue weighted by Gasteiger charge is 2.55. The molecule has 40 heavy (non-hydrogen) atoms. The quantitative estimate of drug-likeness (QED) is 0.337. The van der Waals surface area contributed by atoms with Gasteiger partial charge in [-0.3, -0.25) is 9.69 Å². The van der Waals surface area contributed by atoms with E-state index < -0.39 is 6.17 Å². The number of nitrogens with zero attached hydrogens (tertiary/aromatic N) is 2. The lowest BCUT2D eigenvalue weighted by Crippen LogP contribution is -2.47. The normalized spacial score (nSPS) is 24.9. The van der Waals surface area contributed by atoms with Crippen molar-refractivity contribution in [1.29, 1.82) is 0 Å². The molecule has 3 aliphatic rings. The summed E-state index contributed by atoms with van der Waals surface area (Å²) in [5.74, 6) is 0.687. The molecule has 4 nitrogen and oxygen atoms in total. The molecule has 1 saturated carbocycles. The van der Waals surface area contributed by atoms with Crippen LogP contribution in [0.3, 0.4) is 0 Å². The van der Waals surface area contributed by atoms with E-state index in [1.807, 2.05) is 41.3 Å². The van der Waals surface area contributed by atoms with Crippen molar-refractivity contribution in [1.82, 2.24) is 9.80 Å².